The molecule has 5 heteroatoms. The zero-order chi connectivity index (χ0) is 14.7. The molecule has 1 atom stereocenters. The lowest BCUT2D eigenvalue weighted by Gasteiger charge is -2.24. The monoisotopic (exact) mass is 294 g/mol. The van der Waals surface area contributed by atoms with E-state index in [1.165, 1.54) is 10.4 Å². The van der Waals surface area contributed by atoms with Gasteiger partial charge in [0.2, 0.25) is 11.8 Å². The first-order chi connectivity index (χ1) is 9.47. The molecule has 1 saturated heterocycles. The van der Waals surface area contributed by atoms with Crippen molar-refractivity contribution in [3.05, 3.63) is 21.9 Å². The lowest BCUT2D eigenvalue weighted by molar-refractivity contribution is -0.134. The molecule has 2 amide bonds. The molecule has 0 bridgehead atoms. The van der Waals surface area contributed by atoms with E-state index in [0.717, 1.165) is 0 Å². The van der Waals surface area contributed by atoms with Gasteiger partial charge in [0.25, 0.3) is 0 Å². The summed E-state index contributed by atoms with van der Waals surface area (Å²) >= 11 is 1.67. The molecule has 0 saturated carbocycles. The third kappa shape index (κ3) is 3.60. The summed E-state index contributed by atoms with van der Waals surface area (Å²) in [6, 6.07) is 1.70. The van der Waals surface area contributed by atoms with Crippen molar-refractivity contribution in [2.45, 2.75) is 46.2 Å². The number of carbonyl (C=O) groups excluding carboxylic acids is 2. The number of amides is 2. The Morgan fingerprint density at radius 3 is 2.80 bits per heavy atom. The molecule has 110 valence electrons. The molecule has 2 heterocycles. The predicted molar refractivity (Wildman–Crippen MR) is 80.5 cm³/mol. The Morgan fingerprint density at radius 2 is 2.20 bits per heavy atom. The van der Waals surface area contributed by atoms with Crippen molar-refractivity contribution in [2.75, 3.05) is 6.54 Å². The third-order valence-corrected chi connectivity index (χ3v) is 4.57. The van der Waals surface area contributed by atoms with Gasteiger partial charge in [-0.15, -0.1) is 11.3 Å². The van der Waals surface area contributed by atoms with Crippen molar-refractivity contribution in [3.63, 3.8) is 0 Å². The maximum atomic E-state index is 12.6. The van der Waals surface area contributed by atoms with Gasteiger partial charge in [0.1, 0.15) is 6.04 Å². The average molecular weight is 294 g/mol. The number of thiophene rings is 1. The fraction of sp³-hybridized carbons (Fsp3) is 0.600. The van der Waals surface area contributed by atoms with Crippen LogP contribution in [0, 0.1) is 12.8 Å². The summed E-state index contributed by atoms with van der Waals surface area (Å²) in [6.07, 6.45) is 1.09. The molecule has 0 radical (unpaired) electrons. The number of carbonyl (C=O) groups is 2. The molecule has 20 heavy (non-hydrogen) atoms. The molecule has 0 aliphatic carbocycles. The van der Waals surface area contributed by atoms with Gasteiger partial charge < -0.3 is 10.2 Å². The SMILES string of the molecule is Cc1ccsc1CN1CCC(=O)NC(CC(C)C)C1=O. The maximum Gasteiger partial charge on any atom is 0.245 e. The average Bonchev–Trinajstić information content (AvgIpc) is 2.72. The van der Waals surface area contributed by atoms with Crippen LogP contribution in [0.4, 0.5) is 0 Å². The van der Waals surface area contributed by atoms with E-state index in [9.17, 15) is 9.59 Å². The fourth-order valence-electron chi connectivity index (χ4n) is 2.42. The van der Waals surface area contributed by atoms with Gasteiger partial charge >= 0.3 is 0 Å². The van der Waals surface area contributed by atoms with E-state index in [2.05, 4.69) is 32.2 Å². The summed E-state index contributed by atoms with van der Waals surface area (Å²) in [5, 5.41) is 4.90. The van der Waals surface area contributed by atoms with Crippen molar-refractivity contribution < 1.29 is 9.59 Å². The molecule has 0 aromatic carbocycles. The standard InChI is InChI=1S/C15H22N2O2S/c1-10(2)8-12-15(19)17(6-4-14(18)16-12)9-13-11(3)5-7-20-13/h5,7,10,12H,4,6,8-9H2,1-3H3,(H,16,18). The van der Waals surface area contributed by atoms with Gasteiger partial charge in [0, 0.05) is 17.8 Å². The van der Waals surface area contributed by atoms with Crippen LogP contribution in [0.5, 0.6) is 0 Å². The van der Waals surface area contributed by atoms with Crippen LogP contribution in [-0.2, 0) is 16.1 Å². The minimum Gasteiger partial charge on any atom is -0.344 e. The highest BCUT2D eigenvalue weighted by molar-refractivity contribution is 7.10. The number of rotatable bonds is 4. The predicted octanol–water partition coefficient (Wildman–Crippen LogP) is 2.32. The third-order valence-electron chi connectivity index (χ3n) is 3.56. The Balaban J connectivity index is 2.13. The van der Waals surface area contributed by atoms with Gasteiger partial charge in [-0.1, -0.05) is 13.8 Å². The molecule has 4 nitrogen and oxygen atoms in total. The van der Waals surface area contributed by atoms with Crippen LogP contribution in [-0.4, -0.2) is 29.3 Å². The normalized spacial score (nSPS) is 20.2. The topological polar surface area (TPSA) is 49.4 Å². The second-order valence-corrected chi connectivity index (χ2v) is 6.79. The van der Waals surface area contributed by atoms with Crippen molar-refractivity contribution in [1.29, 1.82) is 0 Å². The van der Waals surface area contributed by atoms with E-state index in [4.69, 9.17) is 0 Å². The Bertz CT molecular complexity index is 496. The first-order valence-electron chi connectivity index (χ1n) is 7.08. The zero-order valence-corrected chi connectivity index (χ0v) is 13.1. The van der Waals surface area contributed by atoms with Crippen molar-refractivity contribution >= 4 is 23.2 Å². The van der Waals surface area contributed by atoms with E-state index in [1.807, 2.05) is 10.3 Å². The molecule has 1 unspecified atom stereocenters. The highest BCUT2D eigenvalue weighted by atomic mass is 32.1. The molecule has 2 rings (SSSR count). The van der Waals surface area contributed by atoms with Gasteiger partial charge in [-0.05, 0) is 36.3 Å². The van der Waals surface area contributed by atoms with E-state index < -0.39 is 0 Å². The second kappa shape index (κ2) is 6.39. The minimum atomic E-state index is -0.370. The number of aryl methyl sites for hydroxylation is 1. The minimum absolute atomic E-state index is 0.0191. The van der Waals surface area contributed by atoms with Crippen LogP contribution in [0.1, 0.15) is 37.1 Å². The molecular weight excluding hydrogens is 272 g/mol. The van der Waals surface area contributed by atoms with Gasteiger partial charge in [0.05, 0.1) is 6.54 Å². The smallest absolute Gasteiger partial charge is 0.245 e. The second-order valence-electron chi connectivity index (χ2n) is 5.79. The summed E-state index contributed by atoms with van der Waals surface area (Å²) in [7, 11) is 0. The van der Waals surface area contributed by atoms with Gasteiger partial charge in [-0.3, -0.25) is 9.59 Å². The largest absolute Gasteiger partial charge is 0.344 e. The van der Waals surface area contributed by atoms with Crippen LogP contribution in [0.2, 0.25) is 0 Å². The molecule has 1 aromatic rings. The van der Waals surface area contributed by atoms with Gasteiger partial charge in [-0.2, -0.15) is 0 Å². The van der Waals surface area contributed by atoms with E-state index >= 15 is 0 Å². The number of hydrogen-bond acceptors (Lipinski definition) is 3. The zero-order valence-electron chi connectivity index (χ0n) is 12.3. The Labute approximate surface area is 124 Å². The fourth-order valence-corrected chi connectivity index (χ4v) is 3.34. The first-order valence-corrected chi connectivity index (χ1v) is 7.96. The quantitative estimate of drug-likeness (QED) is 0.926. The molecule has 1 aromatic heterocycles. The molecular formula is C15H22N2O2S. The van der Waals surface area contributed by atoms with Crippen LogP contribution in [0.15, 0.2) is 11.4 Å². The van der Waals surface area contributed by atoms with Gasteiger partial charge in [0.15, 0.2) is 0 Å². The van der Waals surface area contributed by atoms with E-state index in [1.54, 1.807) is 11.3 Å². The number of nitrogens with one attached hydrogen (secondary N) is 1. The highest BCUT2D eigenvalue weighted by Gasteiger charge is 2.30. The summed E-state index contributed by atoms with van der Waals surface area (Å²) < 4.78 is 0. The van der Waals surface area contributed by atoms with Crippen LogP contribution < -0.4 is 5.32 Å². The van der Waals surface area contributed by atoms with E-state index in [0.29, 0.717) is 31.8 Å². The summed E-state index contributed by atoms with van der Waals surface area (Å²) in [5.74, 6) is 0.416. The Morgan fingerprint density at radius 1 is 1.45 bits per heavy atom. The summed E-state index contributed by atoms with van der Waals surface area (Å²) in [6.45, 7) is 7.32. The molecule has 1 N–H and O–H groups in total. The van der Waals surface area contributed by atoms with Crippen molar-refractivity contribution in [1.82, 2.24) is 10.2 Å². The van der Waals surface area contributed by atoms with Gasteiger partial charge in [-0.25, -0.2) is 0 Å². The molecule has 1 fully saturated rings. The summed E-state index contributed by atoms with van der Waals surface area (Å²) in [4.78, 5) is 27.4. The number of hydrogen-bond donors (Lipinski definition) is 1. The van der Waals surface area contributed by atoms with Crippen molar-refractivity contribution in [3.8, 4) is 0 Å². The molecule has 1 aliphatic rings. The number of nitrogens with zero attached hydrogens (tertiary/aromatic N) is 1. The molecule has 1 aliphatic heterocycles. The summed E-state index contributed by atoms with van der Waals surface area (Å²) in [5.41, 5.74) is 1.21. The lowest BCUT2D eigenvalue weighted by Crippen LogP contribution is -2.45. The van der Waals surface area contributed by atoms with Crippen LogP contribution in [0.25, 0.3) is 0 Å². The first kappa shape index (κ1) is 15.0. The molecule has 0 spiro atoms. The van der Waals surface area contributed by atoms with Crippen LogP contribution in [0.3, 0.4) is 0 Å². The Kier molecular flexibility index (Phi) is 4.81. The van der Waals surface area contributed by atoms with Crippen LogP contribution >= 0.6 is 11.3 Å². The Hall–Kier alpha value is -1.36. The van der Waals surface area contributed by atoms with Crippen molar-refractivity contribution in [2.24, 2.45) is 5.92 Å². The lowest BCUT2D eigenvalue weighted by atomic mass is 10.0. The maximum absolute atomic E-state index is 12.6. The highest BCUT2D eigenvalue weighted by Crippen LogP contribution is 2.20. The van der Waals surface area contributed by atoms with E-state index in [-0.39, 0.29) is 17.9 Å².